The summed E-state index contributed by atoms with van der Waals surface area (Å²) in [6.07, 6.45) is 2.32. The van der Waals surface area contributed by atoms with Crippen molar-refractivity contribution in [2.75, 3.05) is 20.1 Å². The molecule has 1 aromatic rings. The van der Waals surface area contributed by atoms with Crippen LogP contribution in [-0.4, -0.2) is 36.1 Å². The maximum atomic E-state index is 4.78. The third kappa shape index (κ3) is 2.46. The van der Waals surface area contributed by atoms with Crippen LogP contribution < -0.4 is 5.32 Å². The number of rotatable bonds is 3. The summed E-state index contributed by atoms with van der Waals surface area (Å²) in [6, 6.07) is 0.652. The zero-order chi connectivity index (χ0) is 13.3. The fraction of sp³-hybridized carbons (Fsp3) is 0.786. The molecule has 2 heterocycles. The Morgan fingerprint density at radius 1 is 1.28 bits per heavy atom. The molecule has 0 amide bonds. The molecular formula is C14H25N3S. The summed E-state index contributed by atoms with van der Waals surface area (Å²) in [4.78, 5) is 8.70. The molecule has 2 rings (SSSR count). The fourth-order valence-corrected chi connectivity index (χ4v) is 3.84. The molecule has 0 radical (unpaired) electrons. The second-order valence-corrected chi connectivity index (χ2v) is 6.83. The molecule has 102 valence electrons. The van der Waals surface area contributed by atoms with Crippen LogP contribution >= 0.6 is 11.3 Å². The average Bonchev–Trinajstić information content (AvgIpc) is 2.70. The first-order chi connectivity index (χ1) is 8.48. The van der Waals surface area contributed by atoms with Crippen LogP contribution in [0.2, 0.25) is 0 Å². The van der Waals surface area contributed by atoms with Gasteiger partial charge >= 0.3 is 0 Å². The molecule has 1 aliphatic heterocycles. The minimum atomic E-state index is 0.106. The summed E-state index contributed by atoms with van der Waals surface area (Å²) >= 11 is 1.86. The Morgan fingerprint density at radius 2 is 1.89 bits per heavy atom. The third-order valence-corrected chi connectivity index (χ3v) is 5.58. The largest absolute Gasteiger partial charge is 0.308 e. The van der Waals surface area contributed by atoms with Crippen molar-refractivity contribution < 1.29 is 0 Å². The highest BCUT2D eigenvalue weighted by atomic mass is 32.1. The lowest BCUT2D eigenvalue weighted by Gasteiger charge is -2.42. The van der Waals surface area contributed by atoms with Gasteiger partial charge in [0.1, 0.15) is 5.01 Å². The minimum absolute atomic E-state index is 0.106. The van der Waals surface area contributed by atoms with Crippen molar-refractivity contribution >= 4 is 11.3 Å². The number of thiazole rings is 1. The van der Waals surface area contributed by atoms with Crippen molar-refractivity contribution in [1.29, 1.82) is 0 Å². The number of aryl methyl sites for hydroxylation is 2. The fourth-order valence-electron chi connectivity index (χ4n) is 2.67. The molecular weight excluding hydrogens is 242 g/mol. The van der Waals surface area contributed by atoms with Gasteiger partial charge in [0, 0.05) is 24.0 Å². The maximum absolute atomic E-state index is 4.78. The number of nitrogens with zero attached hydrogens (tertiary/aromatic N) is 2. The van der Waals surface area contributed by atoms with E-state index in [0.29, 0.717) is 6.04 Å². The molecule has 0 aromatic carbocycles. The highest BCUT2D eigenvalue weighted by Gasteiger charge is 2.37. The molecule has 1 aromatic heterocycles. The van der Waals surface area contributed by atoms with Crippen LogP contribution in [0, 0.1) is 13.8 Å². The number of likely N-dealkylation sites (tertiary alicyclic amines) is 1. The van der Waals surface area contributed by atoms with Crippen molar-refractivity contribution in [2.24, 2.45) is 0 Å². The Bertz CT molecular complexity index is 384. The number of nitrogens with one attached hydrogen (secondary N) is 1. The normalized spacial score (nSPS) is 20.6. The van der Waals surface area contributed by atoms with E-state index in [9.17, 15) is 0 Å². The number of aromatic nitrogens is 1. The highest BCUT2D eigenvalue weighted by Crippen LogP contribution is 2.36. The van der Waals surface area contributed by atoms with E-state index in [2.05, 4.69) is 45.0 Å². The summed E-state index contributed by atoms with van der Waals surface area (Å²) in [5.74, 6) is 0. The lowest BCUT2D eigenvalue weighted by molar-refractivity contribution is 0.114. The Labute approximate surface area is 115 Å². The van der Waals surface area contributed by atoms with Gasteiger partial charge in [0.15, 0.2) is 0 Å². The van der Waals surface area contributed by atoms with Gasteiger partial charge in [-0.15, -0.1) is 11.3 Å². The summed E-state index contributed by atoms with van der Waals surface area (Å²) in [5.41, 5.74) is 1.30. The van der Waals surface area contributed by atoms with Crippen molar-refractivity contribution in [1.82, 2.24) is 15.2 Å². The molecule has 1 N–H and O–H groups in total. The molecule has 0 bridgehead atoms. The van der Waals surface area contributed by atoms with Gasteiger partial charge in [0.2, 0.25) is 0 Å². The standard InChI is InChI=1S/C14H25N3S/c1-10(2)17-8-6-14(15-5,7-9-17)13-16-11(3)12(4)18-13/h10,15H,6-9H2,1-5H3. The van der Waals surface area contributed by atoms with Gasteiger partial charge in [0.25, 0.3) is 0 Å². The molecule has 18 heavy (non-hydrogen) atoms. The lowest BCUT2D eigenvalue weighted by atomic mass is 9.87. The van der Waals surface area contributed by atoms with Crippen LogP contribution in [0.5, 0.6) is 0 Å². The van der Waals surface area contributed by atoms with Crippen LogP contribution in [0.25, 0.3) is 0 Å². The molecule has 1 saturated heterocycles. The predicted molar refractivity (Wildman–Crippen MR) is 78.3 cm³/mol. The summed E-state index contributed by atoms with van der Waals surface area (Å²) in [6.45, 7) is 11.2. The van der Waals surface area contributed by atoms with Crippen LogP contribution in [0.15, 0.2) is 0 Å². The first-order valence-electron chi connectivity index (χ1n) is 6.86. The molecule has 3 nitrogen and oxygen atoms in total. The van der Waals surface area contributed by atoms with E-state index < -0.39 is 0 Å². The molecule has 0 atom stereocenters. The molecule has 0 saturated carbocycles. The highest BCUT2D eigenvalue weighted by molar-refractivity contribution is 7.11. The molecule has 0 aliphatic carbocycles. The Balaban J connectivity index is 2.18. The zero-order valence-electron chi connectivity index (χ0n) is 12.2. The van der Waals surface area contributed by atoms with E-state index in [0.717, 1.165) is 25.9 Å². The van der Waals surface area contributed by atoms with Crippen LogP contribution in [-0.2, 0) is 5.54 Å². The summed E-state index contributed by atoms with van der Waals surface area (Å²) in [7, 11) is 2.08. The van der Waals surface area contributed by atoms with Gasteiger partial charge in [-0.1, -0.05) is 0 Å². The van der Waals surface area contributed by atoms with Gasteiger partial charge < -0.3 is 10.2 Å². The maximum Gasteiger partial charge on any atom is 0.113 e. The second-order valence-electron chi connectivity index (χ2n) is 5.62. The summed E-state index contributed by atoms with van der Waals surface area (Å²) in [5, 5.41) is 4.84. The number of hydrogen-bond donors (Lipinski definition) is 1. The Hall–Kier alpha value is -0.450. The second kappa shape index (κ2) is 5.27. The van der Waals surface area contributed by atoms with Gasteiger partial charge in [-0.25, -0.2) is 4.98 Å². The van der Waals surface area contributed by atoms with Crippen molar-refractivity contribution in [3.8, 4) is 0 Å². The van der Waals surface area contributed by atoms with Crippen molar-refractivity contribution in [3.05, 3.63) is 15.6 Å². The van der Waals surface area contributed by atoms with E-state index in [1.807, 2.05) is 11.3 Å². The Morgan fingerprint density at radius 3 is 2.28 bits per heavy atom. The lowest BCUT2D eigenvalue weighted by Crippen LogP contribution is -2.51. The van der Waals surface area contributed by atoms with Crippen LogP contribution in [0.3, 0.4) is 0 Å². The number of hydrogen-bond acceptors (Lipinski definition) is 4. The molecule has 0 spiro atoms. The smallest absolute Gasteiger partial charge is 0.113 e. The van der Waals surface area contributed by atoms with Crippen LogP contribution in [0.1, 0.15) is 42.3 Å². The molecule has 4 heteroatoms. The van der Waals surface area contributed by atoms with E-state index in [-0.39, 0.29) is 5.54 Å². The van der Waals surface area contributed by atoms with Crippen molar-refractivity contribution in [2.45, 2.75) is 52.1 Å². The predicted octanol–water partition coefficient (Wildman–Crippen LogP) is 2.68. The quantitative estimate of drug-likeness (QED) is 0.912. The van der Waals surface area contributed by atoms with Crippen molar-refractivity contribution in [3.63, 3.8) is 0 Å². The summed E-state index contributed by atoms with van der Waals surface area (Å²) < 4.78 is 0. The van der Waals surface area contributed by atoms with Gasteiger partial charge in [-0.05, 0) is 47.6 Å². The van der Waals surface area contributed by atoms with Gasteiger partial charge in [-0.3, -0.25) is 0 Å². The van der Waals surface area contributed by atoms with Gasteiger partial charge in [0.05, 0.1) is 11.2 Å². The topological polar surface area (TPSA) is 28.2 Å². The first-order valence-corrected chi connectivity index (χ1v) is 7.67. The van der Waals surface area contributed by atoms with Gasteiger partial charge in [-0.2, -0.15) is 0 Å². The van der Waals surface area contributed by atoms with E-state index >= 15 is 0 Å². The van der Waals surface area contributed by atoms with E-state index in [4.69, 9.17) is 4.98 Å². The third-order valence-electron chi connectivity index (χ3n) is 4.30. The molecule has 0 unspecified atom stereocenters. The minimum Gasteiger partial charge on any atom is -0.308 e. The Kier molecular flexibility index (Phi) is 4.09. The monoisotopic (exact) mass is 267 g/mol. The average molecular weight is 267 g/mol. The van der Waals surface area contributed by atoms with Crippen LogP contribution in [0.4, 0.5) is 0 Å². The first kappa shape index (κ1) is 14.0. The molecule has 1 fully saturated rings. The SMILES string of the molecule is CNC1(c2nc(C)c(C)s2)CCN(C(C)C)CC1. The van der Waals surface area contributed by atoms with E-state index in [1.54, 1.807) is 0 Å². The van der Waals surface area contributed by atoms with E-state index in [1.165, 1.54) is 15.6 Å². The number of piperidine rings is 1. The molecule has 1 aliphatic rings. The zero-order valence-corrected chi connectivity index (χ0v) is 13.0.